The van der Waals surface area contributed by atoms with Crippen LogP contribution in [-0.2, 0) is 24.0 Å². The molecule has 3 amide bonds. The smallest absolute Gasteiger partial charge is 0.326 e. The lowest BCUT2D eigenvalue weighted by Crippen LogP contribution is -2.58. The Morgan fingerprint density at radius 3 is 1.80 bits per heavy atom. The molecule has 7 N–H and O–H groups in total. The summed E-state index contributed by atoms with van der Waals surface area (Å²) in [6, 6.07) is -4.23. The first kappa shape index (κ1) is 27.3. The number of hydrogen-bond acceptors (Lipinski definition) is 6. The molecule has 0 saturated heterocycles. The van der Waals surface area contributed by atoms with E-state index in [1.165, 1.54) is 6.92 Å². The topological polar surface area (TPSA) is 188 Å². The van der Waals surface area contributed by atoms with Gasteiger partial charge in [-0.2, -0.15) is 0 Å². The van der Waals surface area contributed by atoms with Crippen LogP contribution in [0.15, 0.2) is 0 Å². The van der Waals surface area contributed by atoms with Crippen molar-refractivity contribution in [3.8, 4) is 0 Å². The van der Waals surface area contributed by atoms with Crippen molar-refractivity contribution >= 4 is 29.7 Å². The molecule has 0 aliphatic rings. The summed E-state index contributed by atoms with van der Waals surface area (Å²) in [5.74, 6) is -4.88. The summed E-state index contributed by atoms with van der Waals surface area (Å²) < 4.78 is 0. The highest BCUT2D eigenvalue weighted by Crippen LogP contribution is 2.09. The van der Waals surface area contributed by atoms with Crippen LogP contribution in [0.2, 0.25) is 0 Å². The lowest BCUT2D eigenvalue weighted by Gasteiger charge is -2.26. The summed E-state index contributed by atoms with van der Waals surface area (Å²) in [6.07, 6.45) is 0.172. The van der Waals surface area contributed by atoms with E-state index in [4.69, 9.17) is 10.8 Å². The summed E-state index contributed by atoms with van der Waals surface area (Å²) in [4.78, 5) is 59.0. The van der Waals surface area contributed by atoms with Gasteiger partial charge in [-0.15, -0.1) is 0 Å². The first-order valence-electron chi connectivity index (χ1n) is 9.93. The number of carboxylic acid groups (broad SMARTS) is 2. The van der Waals surface area contributed by atoms with E-state index >= 15 is 0 Å². The highest BCUT2D eigenvalue weighted by molar-refractivity contribution is 5.94. The Bertz CT molecular complexity index is 638. The van der Waals surface area contributed by atoms with E-state index < -0.39 is 53.8 Å². The van der Waals surface area contributed by atoms with Crippen molar-refractivity contribution in [1.29, 1.82) is 0 Å². The van der Waals surface area contributed by atoms with Crippen LogP contribution < -0.4 is 21.7 Å². The van der Waals surface area contributed by atoms with Crippen LogP contribution in [0, 0.1) is 11.8 Å². The van der Waals surface area contributed by atoms with Crippen molar-refractivity contribution in [2.24, 2.45) is 17.6 Å². The predicted octanol–water partition coefficient (Wildman–Crippen LogP) is -0.560. The highest BCUT2D eigenvalue weighted by Gasteiger charge is 2.31. The van der Waals surface area contributed by atoms with Gasteiger partial charge in [-0.25, -0.2) is 4.79 Å². The van der Waals surface area contributed by atoms with Crippen molar-refractivity contribution in [3.63, 3.8) is 0 Å². The molecule has 0 bridgehead atoms. The van der Waals surface area contributed by atoms with Crippen molar-refractivity contribution in [1.82, 2.24) is 16.0 Å². The molecule has 0 rings (SSSR count). The van der Waals surface area contributed by atoms with Crippen molar-refractivity contribution in [3.05, 3.63) is 0 Å². The number of carbonyl (C=O) groups is 5. The lowest BCUT2D eigenvalue weighted by atomic mass is 9.99. The van der Waals surface area contributed by atoms with Gasteiger partial charge in [-0.1, -0.05) is 34.1 Å². The lowest BCUT2D eigenvalue weighted by molar-refractivity contribution is -0.143. The Morgan fingerprint density at radius 1 is 0.833 bits per heavy atom. The fourth-order valence-corrected chi connectivity index (χ4v) is 2.54. The van der Waals surface area contributed by atoms with E-state index in [2.05, 4.69) is 16.0 Å². The van der Waals surface area contributed by atoms with Gasteiger partial charge in [0.05, 0.1) is 6.04 Å². The zero-order chi connectivity index (χ0) is 23.6. The van der Waals surface area contributed by atoms with Crippen LogP contribution in [0.5, 0.6) is 0 Å². The molecule has 172 valence electrons. The van der Waals surface area contributed by atoms with Crippen LogP contribution in [0.25, 0.3) is 0 Å². The maximum Gasteiger partial charge on any atom is 0.326 e. The molecule has 0 fully saturated rings. The number of rotatable bonds is 13. The monoisotopic (exact) mass is 430 g/mol. The van der Waals surface area contributed by atoms with Gasteiger partial charge in [0.15, 0.2) is 0 Å². The average Bonchev–Trinajstić information content (AvgIpc) is 2.66. The van der Waals surface area contributed by atoms with Gasteiger partial charge in [0, 0.05) is 6.42 Å². The predicted molar refractivity (Wildman–Crippen MR) is 108 cm³/mol. The van der Waals surface area contributed by atoms with Gasteiger partial charge < -0.3 is 31.9 Å². The number of carboxylic acids is 2. The largest absolute Gasteiger partial charge is 0.481 e. The van der Waals surface area contributed by atoms with Crippen molar-refractivity contribution in [2.75, 3.05) is 0 Å². The molecule has 0 aromatic rings. The Kier molecular flexibility index (Phi) is 11.6. The fraction of sp³-hybridized carbons (Fsp3) is 0.737. The maximum atomic E-state index is 12.6. The van der Waals surface area contributed by atoms with Crippen LogP contribution in [0.1, 0.15) is 53.9 Å². The third kappa shape index (κ3) is 9.21. The SMILES string of the molecule is CCC(C)C(NC(=O)C(C)NC(=O)C(NC(=O)C(N)CCC(=O)O)C(C)C)C(=O)O. The summed E-state index contributed by atoms with van der Waals surface area (Å²) in [5, 5.41) is 25.3. The molecular weight excluding hydrogens is 396 g/mol. The molecule has 30 heavy (non-hydrogen) atoms. The zero-order valence-electron chi connectivity index (χ0n) is 18.1. The molecule has 5 unspecified atom stereocenters. The molecule has 11 nitrogen and oxygen atoms in total. The van der Waals surface area contributed by atoms with Gasteiger partial charge in [0.25, 0.3) is 0 Å². The molecule has 0 radical (unpaired) electrons. The first-order valence-corrected chi connectivity index (χ1v) is 9.93. The molecule has 0 aromatic heterocycles. The molecular formula is C19H34N4O7. The van der Waals surface area contributed by atoms with Gasteiger partial charge in [0.2, 0.25) is 17.7 Å². The Balaban J connectivity index is 5.01. The summed E-state index contributed by atoms with van der Waals surface area (Å²) in [5.41, 5.74) is 5.66. The second kappa shape index (κ2) is 12.8. The quantitative estimate of drug-likeness (QED) is 0.224. The van der Waals surface area contributed by atoms with Gasteiger partial charge >= 0.3 is 11.9 Å². The van der Waals surface area contributed by atoms with E-state index in [1.807, 2.05) is 0 Å². The number of amides is 3. The Hall–Kier alpha value is -2.69. The van der Waals surface area contributed by atoms with Gasteiger partial charge in [-0.3, -0.25) is 19.2 Å². The Labute approximate surface area is 176 Å². The van der Waals surface area contributed by atoms with Gasteiger partial charge in [-0.05, 0) is 25.2 Å². The average molecular weight is 431 g/mol. The minimum Gasteiger partial charge on any atom is -0.481 e. The van der Waals surface area contributed by atoms with Crippen molar-refractivity contribution < 1.29 is 34.2 Å². The minimum atomic E-state index is -1.17. The number of carbonyl (C=O) groups excluding carboxylic acids is 3. The van der Waals surface area contributed by atoms with Gasteiger partial charge in [0.1, 0.15) is 18.1 Å². The summed E-state index contributed by atoms with van der Waals surface area (Å²) in [6.45, 7) is 8.26. The second-order valence-electron chi connectivity index (χ2n) is 7.71. The van der Waals surface area contributed by atoms with Crippen LogP contribution in [0.3, 0.4) is 0 Å². The molecule has 11 heteroatoms. The molecule has 0 aliphatic heterocycles. The molecule has 0 heterocycles. The second-order valence-corrected chi connectivity index (χ2v) is 7.71. The molecule has 0 saturated carbocycles. The summed E-state index contributed by atoms with van der Waals surface area (Å²) in [7, 11) is 0. The van der Waals surface area contributed by atoms with E-state index in [1.54, 1.807) is 27.7 Å². The first-order chi connectivity index (χ1) is 13.8. The molecule has 0 aromatic carbocycles. The van der Waals surface area contributed by atoms with E-state index in [-0.39, 0.29) is 24.7 Å². The van der Waals surface area contributed by atoms with Crippen molar-refractivity contribution in [2.45, 2.75) is 78.0 Å². The fourth-order valence-electron chi connectivity index (χ4n) is 2.54. The normalized spacial score (nSPS) is 16.0. The summed E-state index contributed by atoms with van der Waals surface area (Å²) >= 11 is 0. The number of hydrogen-bond donors (Lipinski definition) is 6. The maximum absolute atomic E-state index is 12.6. The molecule has 0 aliphatic carbocycles. The molecule has 0 spiro atoms. The highest BCUT2D eigenvalue weighted by atomic mass is 16.4. The zero-order valence-corrected chi connectivity index (χ0v) is 18.1. The number of nitrogens with two attached hydrogens (primary N) is 1. The third-order valence-electron chi connectivity index (χ3n) is 4.78. The van der Waals surface area contributed by atoms with Crippen LogP contribution in [0.4, 0.5) is 0 Å². The Morgan fingerprint density at radius 2 is 1.37 bits per heavy atom. The van der Waals surface area contributed by atoms with Crippen LogP contribution >= 0.6 is 0 Å². The third-order valence-corrected chi connectivity index (χ3v) is 4.78. The minimum absolute atomic E-state index is 0.0847. The van der Waals surface area contributed by atoms with E-state index in [0.717, 1.165) is 0 Å². The molecule has 5 atom stereocenters. The number of aliphatic carboxylic acids is 2. The van der Waals surface area contributed by atoms with E-state index in [9.17, 15) is 29.1 Å². The standard InChI is InChI=1S/C19H34N4O7/c1-6-10(4)15(19(29)30)23-16(26)11(5)21-18(28)14(9(2)3)22-17(27)12(20)7-8-13(24)25/h9-12,14-15H,6-8,20H2,1-5H3,(H,21,28)(H,22,27)(H,23,26)(H,24,25)(H,29,30). The van der Waals surface area contributed by atoms with Crippen LogP contribution in [-0.4, -0.2) is 64.0 Å². The number of nitrogens with one attached hydrogen (secondary N) is 3. The van der Waals surface area contributed by atoms with E-state index in [0.29, 0.717) is 6.42 Å².